The van der Waals surface area contributed by atoms with E-state index >= 15 is 0 Å². The summed E-state index contributed by atoms with van der Waals surface area (Å²) in [6, 6.07) is 11.2. The van der Waals surface area contributed by atoms with Crippen LogP contribution in [-0.2, 0) is 6.54 Å². The van der Waals surface area contributed by atoms with Gasteiger partial charge in [0.15, 0.2) is 5.96 Å². The van der Waals surface area contributed by atoms with Crippen molar-refractivity contribution in [1.82, 2.24) is 15.5 Å². The van der Waals surface area contributed by atoms with Crippen LogP contribution in [0, 0.1) is 11.3 Å². The summed E-state index contributed by atoms with van der Waals surface area (Å²) in [7, 11) is 0. The standard InChI is InChI=1S/C19H27N5/c1-2-21-19(22-14-16-5-3-4-15(12-16)13-20)23-17-8-10-24(11-9-17)18-6-7-18/h3-5,12,17-18H,2,6-11,14H2,1H3,(H2,21,22,23). The van der Waals surface area contributed by atoms with E-state index in [9.17, 15) is 0 Å². The van der Waals surface area contributed by atoms with Crippen LogP contribution in [0.3, 0.4) is 0 Å². The largest absolute Gasteiger partial charge is 0.357 e. The first kappa shape index (κ1) is 16.8. The minimum Gasteiger partial charge on any atom is -0.357 e. The van der Waals surface area contributed by atoms with Gasteiger partial charge in [0.1, 0.15) is 0 Å². The predicted molar refractivity (Wildman–Crippen MR) is 96.7 cm³/mol. The molecule has 1 saturated carbocycles. The quantitative estimate of drug-likeness (QED) is 0.644. The monoisotopic (exact) mass is 325 g/mol. The number of benzene rings is 1. The van der Waals surface area contributed by atoms with Crippen LogP contribution >= 0.6 is 0 Å². The summed E-state index contributed by atoms with van der Waals surface area (Å²) in [6.07, 6.45) is 5.16. The fourth-order valence-electron chi connectivity index (χ4n) is 3.27. The third-order valence-corrected chi connectivity index (χ3v) is 4.75. The third-order valence-electron chi connectivity index (χ3n) is 4.75. The highest BCUT2D eigenvalue weighted by Gasteiger charge is 2.31. The van der Waals surface area contributed by atoms with Gasteiger partial charge in [0, 0.05) is 31.7 Å². The van der Waals surface area contributed by atoms with Gasteiger partial charge in [0.25, 0.3) is 0 Å². The molecule has 1 aromatic rings. The molecule has 24 heavy (non-hydrogen) atoms. The topological polar surface area (TPSA) is 63.5 Å². The second kappa shape index (κ2) is 8.16. The van der Waals surface area contributed by atoms with Crippen molar-refractivity contribution in [1.29, 1.82) is 5.26 Å². The molecule has 128 valence electrons. The average Bonchev–Trinajstić information content (AvgIpc) is 3.46. The molecule has 1 aliphatic heterocycles. The first-order valence-corrected chi connectivity index (χ1v) is 9.06. The number of rotatable bonds is 5. The zero-order valence-corrected chi connectivity index (χ0v) is 14.5. The van der Waals surface area contributed by atoms with Gasteiger partial charge in [0.2, 0.25) is 0 Å². The van der Waals surface area contributed by atoms with E-state index in [2.05, 4.69) is 28.5 Å². The van der Waals surface area contributed by atoms with E-state index < -0.39 is 0 Å². The van der Waals surface area contributed by atoms with E-state index in [4.69, 9.17) is 10.3 Å². The van der Waals surface area contributed by atoms with Gasteiger partial charge in [-0.05, 0) is 50.3 Å². The van der Waals surface area contributed by atoms with Crippen molar-refractivity contribution in [3.63, 3.8) is 0 Å². The Balaban J connectivity index is 1.54. The number of hydrogen-bond donors (Lipinski definition) is 2. The minimum atomic E-state index is 0.503. The lowest BCUT2D eigenvalue weighted by molar-refractivity contribution is 0.197. The molecule has 2 aliphatic rings. The first-order chi connectivity index (χ1) is 11.8. The van der Waals surface area contributed by atoms with Crippen LogP contribution in [0.2, 0.25) is 0 Å². The van der Waals surface area contributed by atoms with Gasteiger partial charge < -0.3 is 15.5 Å². The summed E-state index contributed by atoms with van der Waals surface area (Å²) in [4.78, 5) is 7.33. The van der Waals surface area contributed by atoms with Crippen LogP contribution in [0.1, 0.15) is 43.7 Å². The van der Waals surface area contributed by atoms with Crippen molar-refractivity contribution in [3.05, 3.63) is 35.4 Å². The maximum absolute atomic E-state index is 8.99. The number of aliphatic imine (C=N–C) groups is 1. The highest BCUT2D eigenvalue weighted by molar-refractivity contribution is 5.80. The first-order valence-electron chi connectivity index (χ1n) is 9.06. The Bertz CT molecular complexity index is 606. The van der Waals surface area contributed by atoms with E-state index in [1.54, 1.807) is 0 Å². The van der Waals surface area contributed by atoms with Crippen molar-refractivity contribution < 1.29 is 0 Å². The molecule has 5 nitrogen and oxygen atoms in total. The summed E-state index contributed by atoms with van der Waals surface area (Å²) in [5.41, 5.74) is 1.75. The van der Waals surface area contributed by atoms with E-state index in [0.29, 0.717) is 18.2 Å². The molecule has 1 aliphatic carbocycles. The van der Waals surface area contributed by atoms with Crippen molar-refractivity contribution in [2.75, 3.05) is 19.6 Å². The molecule has 1 saturated heterocycles. The fourth-order valence-corrected chi connectivity index (χ4v) is 3.27. The Kier molecular flexibility index (Phi) is 5.71. The minimum absolute atomic E-state index is 0.503. The highest BCUT2D eigenvalue weighted by Crippen LogP contribution is 2.29. The van der Waals surface area contributed by atoms with Gasteiger partial charge in [0.05, 0.1) is 18.2 Å². The Hall–Kier alpha value is -2.06. The summed E-state index contributed by atoms with van der Waals surface area (Å²) in [5.74, 6) is 0.879. The molecule has 2 N–H and O–H groups in total. The lowest BCUT2D eigenvalue weighted by Crippen LogP contribution is -2.49. The predicted octanol–water partition coefficient (Wildman–Crippen LogP) is 2.24. The summed E-state index contributed by atoms with van der Waals surface area (Å²) in [5, 5.41) is 15.9. The molecule has 2 fully saturated rings. The number of nitrogens with one attached hydrogen (secondary N) is 2. The van der Waals surface area contributed by atoms with Crippen LogP contribution < -0.4 is 10.6 Å². The van der Waals surface area contributed by atoms with Gasteiger partial charge in [-0.25, -0.2) is 4.99 Å². The second-order valence-electron chi connectivity index (χ2n) is 6.69. The maximum Gasteiger partial charge on any atom is 0.191 e. The number of piperidine rings is 1. The van der Waals surface area contributed by atoms with E-state index in [1.807, 2.05) is 24.3 Å². The number of guanidine groups is 1. The zero-order valence-electron chi connectivity index (χ0n) is 14.5. The SMILES string of the molecule is CCNC(=NCc1cccc(C#N)c1)NC1CCN(C2CC2)CC1. The lowest BCUT2D eigenvalue weighted by atomic mass is 10.1. The van der Waals surface area contributed by atoms with E-state index in [1.165, 1.54) is 38.8 Å². The molecule has 0 spiro atoms. The highest BCUT2D eigenvalue weighted by atomic mass is 15.2. The molecule has 0 bridgehead atoms. The van der Waals surface area contributed by atoms with Crippen molar-refractivity contribution in [3.8, 4) is 6.07 Å². The Morgan fingerprint density at radius 2 is 2.08 bits per heavy atom. The molecule has 1 heterocycles. The molecule has 3 rings (SSSR count). The van der Waals surface area contributed by atoms with Crippen LogP contribution in [0.15, 0.2) is 29.3 Å². The summed E-state index contributed by atoms with van der Waals surface area (Å²) >= 11 is 0. The number of hydrogen-bond acceptors (Lipinski definition) is 3. The zero-order chi connectivity index (χ0) is 16.8. The molecule has 1 aromatic carbocycles. The Morgan fingerprint density at radius 3 is 2.75 bits per heavy atom. The smallest absolute Gasteiger partial charge is 0.191 e. The number of nitriles is 1. The molecular formula is C19H27N5. The van der Waals surface area contributed by atoms with Crippen LogP contribution in [-0.4, -0.2) is 42.6 Å². The fraction of sp³-hybridized carbons (Fsp3) is 0.579. The number of nitrogens with zero attached hydrogens (tertiary/aromatic N) is 3. The van der Waals surface area contributed by atoms with Crippen molar-refractivity contribution in [2.24, 2.45) is 4.99 Å². The summed E-state index contributed by atoms with van der Waals surface area (Å²) < 4.78 is 0. The van der Waals surface area contributed by atoms with Crippen LogP contribution in [0.4, 0.5) is 0 Å². The van der Waals surface area contributed by atoms with Gasteiger partial charge in [-0.1, -0.05) is 12.1 Å². The molecule has 0 atom stereocenters. The van der Waals surface area contributed by atoms with Crippen LogP contribution in [0.5, 0.6) is 0 Å². The molecular weight excluding hydrogens is 298 g/mol. The van der Waals surface area contributed by atoms with Crippen molar-refractivity contribution in [2.45, 2.75) is 51.2 Å². The van der Waals surface area contributed by atoms with Crippen molar-refractivity contribution >= 4 is 5.96 Å². The normalized spacial score (nSPS) is 19.8. The molecule has 0 radical (unpaired) electrons. The van der Waals surface area contributed by atoms with Gasteiger partial charge >= 0.3 is 0 Å². The molecule has 0 unspecified atom stereocenters. The average molecular weight is 325 g/mol. The Morgan fingerprint density at radius 1 is 1.29 bits per heavy atom. The summed E-state index contributed by atoms with van der Waals surface area (Å²) in [6.45, 7) is 5.93. The Labute approximate surface area is 144 Å². The number of likely N-dealkylation sites (tertiary alicyclic amines) is 1. The third kappa shape index (κ3) is 4.72. The van der Waals surface area contributed by atoms with Gasteiger partial charge in [-0.15, -0.1) is 0 Å². The molecule has 0 aromatic heterocycles. The maximum atomic E-state index is 8.99. The molecule has 0 amide bonds. The van der Waals surface area contributed by atoms with Crippen LogP contribution in [0.25, 0.3) is 0 Å². The van der Waals surface area contributed by atoms with Gasteiger partial charge in [-0.2, -0.15) is 5.26 Å². The second-order valence-corrected chi connectivity index (χ2v) is 6.69. The van der Waals surface area contributed by atoms with E-state index in [-0.39, 0.29) is 0 Å². The van der Waals surface area contributed by atoms with E-state index in [0.717, 1.165) is 24.1 Å². The lowest BCUT2D eigenvalue weighted by Gasteiger charge is -2.33. The van der Waals surface area contributed by atoms with Gasteiger partial charge in [-0.3, -0.25) is 0 Å². The molecule has 5 heteroatoms.